The molecule has 0 radical (unpaired) electrons. The SMILES string of the molecule is COc1cccc(NC(=O)Cn2nc(-c3ccco3)c3sc(C)nc3c2=O)c1. The number of aromatic nitrogens is 3. The summed E-state index contributed by atoms with van der Waals surface area (Å²) < 4.78 is 12.3. The fraction of sp³-hybridized carbons (Fsp3) is 0.158. The molecular formula is C19H16N4O4S. The normalized spacial score (nSPS) is 10.9. The molecule has 28 heavy (non-hydrogen) atoms. The molecule has 1 aromatic carbocycles. The number of carbonyl (C=O) groups is 1. The summed E-state index contributed by atoms with van der Waals surface area (Å²) in [6, 6.07) is 10.4. The number of nitrogens with one attached hydrogen (secondary N) is 1. The van der Waals surface area contributed by atoms with Crippen LogP contribution in [0.2, 0.25) is 0 Å². The number of carbonyl (C=O) groups excluding carboxylic acids is 1. The number of methoxy groups -OCH3 is 1. The van der Waals surface area contributed by atoms with Gasteiger partial charge in [-0.1, -0.05) is 6.07 Å². The fourth-order valence-corrected chi connectivity index (χ4v) is 3.69. The van der Waals surface area contributed by atoms with Crippen molar-refractivity contribution in [2.45, 2.75) is 13.5 Å². The second-order valence-electron chi connectivity index (χ2n) is 5.98. The summed E-state index contributed by atoms with van der Waals surface area (Å²) in [5.41, 5.74) is 0.905. The highest BCUT2D eigenvalue weighted by Crippen LogP contribution is 2.29. The largest absolute Gasteiger partial charge is 0.497 e. The summed E-state index contributed by atoms with van der Waals surface area (Å²) in [5.74, 6) is 0.739. The van der Waals surface area contributed by atoms with Crippen LogP contribution < -0.4 is 15.6 Å². The lowest BCUT2D eigenvalue weighted by molar-refractivity contribution is -0.117. The first-order valence-electron chi connectivity index (χ1n) is 8.41. The second-order valence-corrected chi connectivity index (χ2v) is 7.18. The van der Waals surface area contributed by atoms with E-state index in [4.69, 9.17) is 9.15 Å². The molecule has 0 spiro atoms. The van der Waals surface area contributed by atoms with E-state index in [0.717, 1.165) is 9.69 Å². The summed E-state index contributed by atoms with van der Waals surface area (Å²) in [6.45, 7) is 1.56. The molecule has 3 heterocycles. The molecule has 4 aromatic rings. The fourth-order valence-electron chi connectivity index (χ4n) is 2.79. The van der Waals surface area contributed by atoms with Crippen LogP contribution in [0.3, 0.4) is 0 Å². The Balaban J connectivity index is 1.69. The molecule has 1 amide bonds. The van der Waals surface area contributed by atoms with Crippen LogP contribution in [0, 0.1) is 6.92 Å². The zero-order valence-corrected chi connectivity index (χ0v) is 15.9. The highest BCUT2D eigenvalue weighted by Gasteiger charge is 2.19. The molecule has 4 rings (SSSR count). The number of ether oxygens (including phenoxy) is 1. The Bertz CT molecular complexity index is 1210. The van der Waals surface area contributed by atoms with Gasteiger partial charge in [-0.3, -0.25) is 9.59 Å². The van der Waals surface area contributed by atoms with Crippen LogP contribution in [0.4, 0.5) is 5.69 Å². The van der Waals surface area contributed by atoms with Gasteiger partial charge in [-0.15, -0.1) is 11.3 Å². The Kier molecular flexibility index (Phi) is 4.66. The third kappa shape index (κ3) is 3.39. The van der Waals surface area contributed by atoms with Crippen LogP contribution in [0.1, 0.15) is 5.01 Å². The summed E-state index contributed by atoms with van der Waals surface area (Å²) in [7, 11) is 1.55. The monoisotopic (exact) mass is 396 g/mol. The number of hydrogen-bond donors (Lipinski definition) is 1. The maximum absolute atomic E-state index is 12.8. The first kappa shape index (κ1) is 17.9. The van der Waals surface area contributed by atoms with Gasteiger partial charge in [-0.25, -0.2) is 9.67 Å². The van der Waals surface area contributed by atoms with Crippen molar-refractivity contribution < 1.29 is 13.9 Å². The molecule has 0 saturated heterocycles. The first-order chi connectivity index (χ1) is 13.5. The number of aryl methyl sites for hydroxylation is 1. The molecule has 9 heteroatoms. The lowest BCUT2D eigenvalue weighted by Gasteiger charge is -2.09. The number of fused-ring (bicyclic) bond motifs is 1. The van der Waals surface area contributed by atoms with E-state index in [9.17, 15) is 9.59 Å². The van der Waals surface area contributed by atoms with Gasteiger partial charge in [0.15, 0.2) is 11.3 Å². The van der Waals surface area contributed by atoms with E-state index in [-0.39, 0.29) is 18.0 Å². The van der Waals surface area contributed by atoms with Gasteiger partial charge in [-0.2, -0.15) is 5.10 Å². The molecular weight excluding hydrogens is 380 g/mol. The van der Waals surface area contributed by atoms with Gasteiger partial charge in [0.2, 0.25) is 5.91 Å². The van der Waals surface area contributed by atoms with Gasteiger partial charge in [0.05, 0.1) is 23.1 Å². The van der Waals surface area contributed by atoms with Gasteiger partial charge in [0.1, 0.15) is 18.0 Å². The molecule has 0 aliphatic carbocycles. The van der Waals surface area contributed by atoms with E-state index in [2.05, 4.69) is 15.4 Å². The van der Waals surface area contributed by atoms with Gasteiger partial charge >= 0.3 is 0 Å². The minimum Gasteiger partial charge on any atom is -0.497 e. The van der Waals surface area contributed by atoms with Gasteiger partial charge in [-0.05, 0) is 31.2 Å². The molecule has 3 aromatic heterocycles. The third-order valence-electron chi connectivity index (χ3n) is 4.01. The quantitative estimate of drug-likeness (QED) is 0.557. The van der Waals surface area contributed by atoms with Gasteiger partial charge in [0.25, 0.3) is 5.56 Å². The van der Waals surface area contributed by atoms with Crippen LogP contribution in [-0.2, 0) is 11.3 Å². The number of benzene rings is 1. The topological polar surface area (TPSA) is 99.2 Å². The number of anilines is 1. The smallest absolute Gasteiger partial charge is 0.294 e. The molecule has 1 N–H and O–H groups in total. The first-order valence-corrected chi connectivity index (χ1v) is 9.23. The Labute approximate surface area is 163 Å². The highest BCUT2D eigenvalue weighted by molar-refractivity contribution is 7.19. The molecule has 8 nitrogen and oxygen atoms in total. The number of thiazole rings is 1. The predicted molar refractivity (Wildman–Crippen MR) is 106 cm³/mol. The number of hydrogen-bond acceptors (Lipinski definition) is 7. The maximum Gasteiger partial charge on any atom is 0.294 e. The van der Waals surface area contributed by atoms with Crippen molar-refractivity contribution in [3.8, 4) is 17.2 Å². The Morgan fingerprint density at radius 3 is 2.93 bits per heavy atom. The molecule has 0 aliphatic heterocycles. The van der Waals surface area contributed by atoms with E-state index in [0.29, 0.717) is 27.6 Å². The molecule has 0 atom stereocenters. The second kappa shape index (κ2) is 7.28. The van der Waals surface area contributed by atoms with Crippen molar-refractivity contribution in [1.29, 1.82) is 0 Å². The minimum atomic E-state index is -0.421. The van der Waals surface area contributed by atoms with E-state index >= 15 is 0 Å². The number of amides is 1. The molecule has 142 valence electrons. The molecule has 0 fully saturated rings. The highest BCUT2D eigenvalue weighted by atomic mass is 32.1. The van der Waals surface area contributed by atoms with Crippen LogP contribution >= 0.6 is 11.3 Å². The molecule has 0 bridgehead atoms. The third-order valence-corrected chi connectivity index (χ3v) is 4.99. The number of rotatable bonds is 5. The maximum atomic E-state index is 12.8. The number of nitrogens with zero attached hydrogens (tertiary/aromatic N) is 3. The molecule has 0 unspecified atom stereocenters. The van der Waals surface area contributed by atoms with Crippen LogP contribution in [0.25, 0.3) is 21.7 Å². The zero-order valence-electron chi connectivity index (χ0n) is 15.1. The predicted octanol–water partition coefficient (Wildman–Crippen LogP) is 3.07. The molecule has 0 aliphatic rings. The van der Waals surface area contributed by atoms with Crippen LogP contribution in [0.5, 0.6) is 5.75 Å². The summed E-state index contributed by atoms with van der Waals surface area (Å²) >= 11 is 1.36. The standard InChI is InChI=1S/C19H16N4O4S/c1-11-20-17-18(28-11)16(14-7-4-8-27-14)22-23(19(17)25)10-15(24)21-12-5-3-6-13(9-12)26-2/h3-9H,10H2,1-2H3,(H,21,24). The lowest BCUT2D eigenvalue weighted by atomic mass is 10.3. The van der Waals surface area contributed by atoms with Crippen LogP contribution in [-0.4, -0.2) is 27.8 Å². The zero-order chi connectivity index (χ0) is 19.7. The molecule has 0 saturated carbocycles. The van der Waals surface area contributed by atoms with E-state index in [1.807, 2.05) is 6.92 Å². The van der Waals surface area contributed by atoms with Crippen molar-refractivity contribution in [3.63, 3.8) is 0 Å². The van der Waals surface area contributed by atoms with E-state index < -0.39 is 5.56 Å². The van der Waals surface area contributed by atoms with Crippen molar-refractivity contribution >= 4 is 33.1 Å². The average molecular weight is 396 g/mol. The minimum absolute atomic E-state index is 0.254. The number of furan rings is 1. The van der Waals surface area contributed by atoms with Crippen LogP contribution in [0.15, 0.2) is 51.9 Å². The summed E-state index contributed by atoms with van der Waals surface area (Å²) in [6.07, 6.45) is 1.53. The van der Waals surface area contributed by atoms with Gasteiger partial charge in [0, 0.05) is 11.8 Å². The summed E-state index contributed by atoms with van der Waals surface area (Å²) in [5, 5.41) is 7.84. The van der Waals surface area contributed by atoms with Crippen molar-refractivity contribution in [2.75, 3.05) is 12.4 Å². The summed E-state index contributed by atoms with van der Waals surface area (Å²) in [4.78, 5) is 29.6. The van der Waals surface area contributed by atoms with Gasteiger partial charge < -0.3 is 14.5 Å². The van der Waals surface area contributed by atoms with E-state index in [1.165, 1.54) is 17.6 Å². The van der Waals surface area contributed by atoms with Crippen molar-refractivity contribution in [1.82, 2.24) is 14.8 Å². The van der Waals surface area contributed by atoms with E-state index in [1.54, 1.807) is 43.5 Å². The Hall–Kier alpha value is -3.46. The average Bonchev–Trinajstić information content (AvgIpc) is 3.34. The van der Waals surface area contributed by atoms with Crippen molar-refractivity contribution in [2.24, 2.45) is 0 Å². The lowest BCUT2D eigenvalue weighted by Crippen LogP contribution is -2.30. The Morgan fingerprint density at radius 2 is 2.18 bits per heavy atom. The Morgan fingerprint density at radius 1 is 1.32 bits per heavy atom. The van der Waals surface area contributed by atoms with Crippen molar-refractivity contribution in [3.05, 3.63) is 58.0 Å².